The summed E-state index contributed by atoms with van der Waals surface area (Å²) in [7, 11) is 0. The van der Waals surface area contributed by atoms with E-state index in [0.29, 0.717) is 11.6 Å². The Bertz CT molecular complexity index is 220. The van der Waals surface area contributed by atoms with Crippen LogP contribution in [0.1, 0.15) is 19.8 Å². The smallest absolute Gasteiger partial charge is 0.226 e. The highest BCUT2D eigenvalue weighted by molar-refractivity contribution is 7.13. The Morgan fingerprint density at radius 3 is 3.18 bits per heavy atom. The van der Waals surface area contributed by atoms with Gasteiger partial charge in [-0.2, -0.15) is 0 Å². The van der Waals surface area contributed by atoms with Crippen LogP contribution >= 0.6 is 11.3 Å². The Kier molecular flexibility index (Phi) is 3.04. The van der Waals surface area contributed by atoms with Crippen molar-refractivity contribution in [3.8, 4) is 0 Å². The van der Waals surface area contributed by atoms with Crippen molar-refractivity contribution < 1.29 is 4.79 Å². The number of amides is 1. The molecule has 11 heavy (non-hydrogen) atoms. The van der Waals surface area contributed by atoms with Gasteiger partial charge in [0, 0.05) is 18.0 Å². The summed E-state index contributed by atoms with van der Waals surface area (Å²) in [6.45, 7) is 1.97. The van der Waals surface area contributed by atoms with Crippen molar-refractivity contribution in [2.45, 2.75) is 19.8 Å². The molecule has 0 radical (unpaired) electrons. The average Bonchev–Trinajstić information content (AvgIpc) is 2.40. The Balaban J connectivity index is 2.37. The Hall–Kier alpha value is -0.900. The number of carbonyl (C=O) groups excluding carboxylic acids is 1. The third-order valence-corrected chi connectivity index (χ3v) is 1.84. The maximum Gasteiger partial charge on any atom is 0.226 e. The lowest BCUT2D eigenvalue weighted by Crippen LogP contribution is -2.09. The third-order valence-electron chi connectivity index (χ3n) is 1.16. The number of nitrogens with one attached hydrogen (secondary N) is 1. The molecule has 3 nitrogen and oxygen atoms in total. The van der Waals surface area contributed by atoms with E-state index >= 15 is 0 Å². The molecule has 0 fully saturated rings. The highest BCUT2D eigenvalue weighted by atomic mass is 32.1. The molecule has 60 valence electrons. The number of carbonyl (C=O) groups is 1. The molecule has 0 aliphatic rings. The first-order chi connectivity index (χ1) is 5.33. The molecule has 1 rings (SSSR count). The molecule has 0 atom stereocenters. The molecule has 0 aromatic carbocycles. The van der Waals surface area contributed by atoms with Crippen LogP contribution in [0.25, 0.3) is 0 Å². The summed E-state index contributed by atoms with van der Waals surface area (Å²) in [5.41, 5.74) is 0. The van der Waals surface area contributed by atoms with E-state index in [0.717, 1.165) is 6.42 Å². The van der Waals surface area contributed by atoms with Crippen molar-refractivity contribution in [1.29, 1.82) is 0 Å². The van der Waals surface area contributed by atoms with Crippen molar-refractivity contribution in [3.05, 3.63) is 11.6 Å². The quantitative estimate of drug-likeness (QED) is 0.752. The van der Waals surface area contributed by atoms with Crippen LogP contribution in [0.15, 0.2) is 11.6 Å². The highest BCUT2D eigenvalue weighted by Gasteiger charge is 2.00. The molecule has 1 aromatic heterocycles. The third kappa shape index (κ3) is 2.67. The lowest BCUT2D eigenvalue weighted by Gasteiger charge is -1.97. The van der Waals surface area contributed by atoms with E-state index < -0.39 is 0 Å². The van der Waals surface area contributed by atoms with Gasteiger partial charge >= 0.3 is 0 Å². The summed E-state index contributed by atoms with van der Waals surface area (Å²) in [4.78, 5) is 14.9. The van der Waals surface area contributed by atoms with E-state index in [2.05, 4.69) is 10.3 Å². The molecule has 1 heterocycles. The van der Waals surface area contributed by atoms with E-state index in [4.69, 9.17) is 0 Å². The second-order valence-electron chi connectivity index (χ2n) is 2.14. The number of hydrogen-bond donors (Lipinski definition) is 1. The van der Waals surface area contributed by atoms with Gasteiger partial charge in [-0.05, 0) is 6.42 Å². The van der Waals surface area contributed by atoms with Gasteiger partial charge in [-0.3, -0.25) is 4.79 Å². The molecular formula is C7H10N2OS. The van der Waals surface area contributed by atoms with Crippen molar-refractivity contribution in [3.63, 3.8) is 0 Å². The van der Waals surface area contributed by atoms with Crippen LogP contribution in [0, 0.1) is 0 Å². The number of thiazole rings is 1. The zero-order valence-electron chi connectivity index (χ0n) is 6.33. The lowest BCUT2D eigenvalue weighted by molar-refractivity contribution is -0.116. The number of hydrogen-bond acceptors (Lipinski definition) is 3. The summed E-state index contributed by atoms with van der Waals surface area (Å²) in [5.74, 6) is 0.0439. The van der Waals surface area contributed by atoms with Crippen molar-refractivity contribution in [1.82, 2.24) is 4.98 Å². The normalized spacial score (nSPS) is 9.55. The molecular weight excluding hydrogens is 160 g/mol. The SMILES string of the molecule is CCCC(=O)Nc1nccs1. The fourth-order valence-corrected chi connectivity index (χ4v) is 1.24. The molecule has 4 heteroatoms. The summed E-state index contributed by atoms with van der Waals surface area (Å²) < 4.78 is 0. The average molecular weight is 170 g/mol. The molecule has 0 saturated carbocycles. The van der Waals surface area contributed by atoms with Gasteiger partial charge in [0.15, 0.2) is 5.13 Å². The van der Waals surface area contributed by atoms with Crippen LogP contribution in [-0.4, -0.2) is 10.9 Å². The highest BCUT2D eigenvalue weighted by Crippen LogP contribution is 2.10. The first kappa shape index (κ1) is 8.20. The zero-order valence-corrected chi connectivity index (χ0v) is 7.15. The van der Waals surface area contributed by atoms with Gasteiger partial charge in [0.2, 0.25) is 5.91 Å². The molecule has 0 spiro atoms. The molecule has 1 aromatic rings. The number of nitrogens with zero attached hydrogens (tertiary/aromatic N) is 1. The second kappa shape index (κ2) is 4.08. The number of aromatic nitrogens is 1. The Morgan fingerprint density at radius 1 is 1.82 bits per heavy atom. The number of rotatable bonds is 3. The Labute approximate surface area is 69.5 Å². The molecule has 1 N–H and O–H groups in total. The minimum absolute atomic E-state index is 0.0439. The van der Waals surface area contributed by atoms with Crippen LogP contribution in [0.5, 0.6) is 0 Å². The Morgan fingerprint density at radius 2 is 2.64 bits per heavy atom. The molecule has 0 saturated heterocycles. The molecule has 0 aliphatic heterocycles. The standard InChI is InChI=1S/C7H10N2OS/c1-2-3-6(10)9-7-8-4-5-11-7/h4-5H,2-3H2,1H3,(H,8,9,10). The summed E-state index contributed by atoms with van der Waals surface area (Å²) >= 11 is 1.43. The molecule has 0 bridgehead atoms. The van der Waals surface area contributed by atoms with E-state index in [1.54, 1.807) is 6.20 Å². The van der Waals surface area contributed by atoms with Crippen LogP contribution in [0.4, 0.5) is 5.13 Å². The van der Waals surface area contributed by atoms with Crippen LogP contribution in [-0.2, 0) is 4.79 Å². The van der Waals surface area contributed by atoms with E-state index in [1.165, 1.54) is 11.3 Å². The summed E-state index contributed by atoms with van der Waals surface area (Å²) in [6.07, 6.45) is 3.11. The van der Waals surface area contributed by atoms with Crippen LogP contribution < -0.4 is 5.32 Å². The summed E-state index contributed by atoms with van der Waals surface area (Å²) in [6, 6.07) is 0. The van der Waals surface area contributed by atoms with Crippen molar-refractivity contribution in [2.24, 2.45) is 0 Å². The van der Waals surface area contributed by atoms with Gasteiger partial charge in [0.25, 0.3) is 0 Å². The number of anilines is 1. The van der Waals surface area contributed by atoms with Gasteiger partial charge < -0.3 is 5.32 Å². The van der Waals surface area contributed by atoms with Crippen LogP contribution in [0.2, 0.25) is 0 Å². The monoisotopic (exact) mass is 170 g/mol. The van der Waals surface area contributed by atoms with Crippen molar-refractivity contribution >= 4 is 22.4 Å². The fraction of sp³-hybridized carbons (Fsp3) is 0.429. The predicted octanol–water partition coefficient (Wildman–Crippen LogP) is 1.88. The van der Waals surface area contributed by atoms with E-state index in [9.17, 15) is 4.79 Å². The maximum atomic E-state index is 11.0. The lowest BCUT2D eigenvalue weighted by atomic mass is 10.3. The maximum absolute atomic E-state index is 11.0. The fourth-order valence-electron chi connectivity index (χ4n) is 0.694. The van der Waals surface area contributed by atoms with E-state index in [1.807, 2.05) is 12.3 Å². The van der Waals surface area contributed by atoms with Gasteiger partial charge in [-0.25, -0.2) is 4.98 Å². The molecule has 0 unspecified atom stereocenters. The van der Waals surface area contributed by atoms with Gasteiger partial charge in [0.1, 0.15) is 0 Å². The van der Waals surface area contributed by atoms with Crippen molar-refractivity contribution in [2.75, 3.05) is 5.32 Å². The van der Waals surface area contributed by atoms with Crippen LogP contribution in [0.3, 0.4) is 0 Å². The molecule has 1 amide bonds. The minimum atomic E-state index is 0.0439. The topological polar surface area (TPSA) is 42.0 Å². The van der Waals surface area contributed by atoms with Gasteiger partial charge in [-0.15, -0.1) is 11.3 Å². The van der Waals surface area contributed by atoms with Gasteiger partial charge in [-0.1, -0.05) is 6.92 Å². The zero-order chi connectivity index (χ0) is 8.10. The largest absolute Gasteiger partial charge is 0.302 e. The second-order valence-corrected chi connectivity index (χ2v) is 3.03. The first-order valence-electron chi connectivity index (χ1n) is 3.52. The van der Waals surface area contributed by atoms with Gasteiger partial charge in [0.05, 0.1) is 0 Å². The first-order valence-corrected chi connectivity index (χ1v) is 4.40. The predicted molar refractivity (Wildman–Crippen MR) is 45.7 cm³/mol. The minimum Gasteiger partial charge on any atom is -0.302 e. The summed E-state index contributed by atoms with van der Waals surface area (Å²) in [5, 5.41) is 5.21. The molecule has 0 aliphatic carbocycles. The van der Waals surface area contributed by atoms with E-state index in [-0.39, 0.29) is 5.91 Å².